The van der Waals surface area contributed by atoms with E-state index in [1.54, 1.807) is 19.2 Å². The molecule has 2 aromatic rings. The van der Waals surface area contributed by atoms with Crippen LogP contribution in [0.5, 0.6) is 17.2 Å². The summed E-state index contributed by atoms with van der Waals surface area (Å²) >= 11 is 13.1. The molecule has 0 aliphatic heterocycles. The molecular weight excluding hydrogens is 527 g/mol. The summed E-state index contributed by atoms with van der Waals surface area (Å²) < 4.78 is 17.9. The molecule has 0 bridgehead atoms. The van der Waals surface area contributed by atoms with E-state index in [9.17, 15) is 4.79 Å². The van der Waals surface area contributed by atoms with E-state index in [0.29, 0.717) is 28.9 Å². The van der Waals surface area contributed by atoms with Gasteiger partial charge in [-0.15, -0.1) is 0 Å². The number of amides is 1. The van der Waals surface area contributed by atoms with E-state index in [1.807, 2.05) is 26.8 Å². The number of nitrogens with one attached hydrogen (secondary N) is 1. The fourth-order valence-electron chi connectivity index (χ4n) is 2.46. The maximum Gasteiger partial charge on any atom is 0.277 e. The first-order valence-electron chi connectivity index (χ1n) is 8.68. The smallest absolute Gasteiger partial charge is 0.277 e. The maximum atomic E-state index is 12.0. The Balaban J connectivity index is 1.99. The Morgan fingerprint density at radius 3 is 2.59 bits per heavy atom. The van der Waals surface area contributed by atoms with Crippen LogP contribution in [0.1, 0.15) is 23.6 Å². The van der Waals surface area contributed by atoms with Gasteiger partial charge in [0.25, 0.3) is 5.91 Å². The van der Waals surface area contributed by atoms with Gasteiger partial charge in [0.05, 0.1) is 28.9 Å². The summed E-state index contributed by atoms with van der Waals surface area (Å²) in [6.45, 7) is 5.97. The van der Waals surface area contributed by atoms with Crippen molar-refractivity contribution in [1.82, 2.24) is 5.43 Å². The zero-order chi connectivity index (χ0) is 21.6. The SMILES string of the molecule is CCOc1c(Br)cc(/C=N/NC(=O)COc2cc(C)c(Cl)c(C)c2Br)cc1OC. The number of carbonyl (C=O) groups excluding carboxylic acids is 1. The molecule has 2 aromatic carbocycles. The molecule has 0 unspecified atom stereocenters. The molecule has 1 amide bonds. The summed E-state index contributed by atoms with van der Waals surface area (Å²) in [5.41, 5.74) is 4.89. The molecule has 0 saturated carbocycles. The van der Waals surface area contributed by atoms with Crippen LogP contribution < -0.4 is 19.6 Å². The van der Waals surface area contributed by atoms with Gasteiger partial charge in [-0.2, -0.15) is 5.10 Å². The van der Waals surface area contributed by atoms with Crippen molar-refractivity contribution in [2.24, 2.45) is 5.10 Å². The number of nitrogens with zero attached hydrogens (tertiary/aromatic N) is 1. The number of benzene rings is 2. The van der Waals surface area contributed by atoms with Crippen LogP contribution in [-0.4, -0.2) is 32.4 Å². The number of hydrogen-bond acceptors (Lipinski definition) is 5. The van der Waals surface area contributed by atoms with Crippen molar-refractivity contribution in [3.05, 3.63) is 48.9 Å². The van der Waals surface area contributed by atoms with E-state index in [-0.39, 0.29) is 6.61 Å². The van der Waals surface area contributed by atoms with Gasteiger partial charge < -0.3 is 14.2 Å². The highest BCUT2D eigenvalue weighted by molar-refractivity contribution is 9.11. The summed E-state index contributed by atoms with van der Waals surface area (Å²) in [4.78, 5) is 12.0. The van der Waals surface area contributed by atoms with E-state index in [1.165, 1.54) is 6.21 Å². The monoisotopic (exact) mass is 546 g/mol. The fourth-order valence-corrected chi connectivity index (χ4v) is 3.72. The van der Waals surface area contributed by atoms with Crippen LogP contribution >= 0.6 is 43.5 Å². The number of hydrazone groups is 1. The molecule has 1 N–H and O–H groups in total. The largest absolute Gasteiger partial charge is 0.493 e. The molecule has 0 aliphatic carbocycles. The van der Waals surface area contributed by atoms with Gasteiger partial charge in [0.2, 0.25) is 0 Å². The van der Waals surface area contributed by atoms with Crippen LogP contribution in [0.25, 0.3) is 0 Å². The number of halogens is 3. The maximum absolute atomic E-state index is 12.0. The van der Waals surface area contributed by atoms with E-state index in [2.05, 4.69) is 42.4 Å². The lowest BCUT2D eigenvalue weighted by Crippen LogP contribution is -2.24. The highest BCUT2D eigenvalue weighted by atomic mass is 79.9. The highest BCUT2D eigenvalue weighted by Crippen LogP contribution is 2.37. The van der Waals surface area contributed by atoms with Gasteiger partial charge in [-0.05, 0) is 87.5 Å². The molecular formula is C20H21Br2ClN2O4. The second-order valence-corrected chi connectivity index (χ2v) is 8.02. The first-order chi connectivity index (χ1) is 13.8. The van der Waals surface area contributed by atoms with Gasteiger partial charge in [-0.1, -0.05) is 11.6 Å². The Bertz CT molecular complexity index is 935. The van der Waals surface area contributed by atoms with Crippen molar-refractivity contribution in [2.45, 2.75) is 20.8 Å². The van der Waals surface area contributed by atoms with Crippen LogP contribution in [0.3, 0.4) is 0 Å². The topological polar surface area (TPSA) is 69.2 Å². The average molecular weight is 549 g/mol. The minimum Gasteiger partial charge on any atom is -0.493 e. The molecule has 0 spiro atoms. The van der Waals surface area contributed by atoms with Crippen LogP contribution in [0.4, 0.5) is 0 Å². The quantitative estimate of drug-likeness (QED) is 0.354. The van der Waals surface area contributed by atoms with Crippen molar-refractivity contribution in [3.8, 4) is 17.2 Å². The molecule has 9 heteroatoms. The Hall–Kier alpha value is -1.77. The van der Waals surface area contributed by atoms with Gasteiger partial charge in [0.15, 0.2) is 18.1 Å². The molecule has 0 radical (unpaired) electrons. The molecule has 0 fully saturated rings. The first-order valence-corrected chi connectivity index (χ1v) is 10.6. The normalized spacial score (nSPS) is 10.9. The number of rotatable bonds is 8. The van der Waals surface area contributed by atoms with E-state index in [0.717, 1.165) is 25.6 Å². The zero-order valence-electron chi connectivity index (χ0n) is 16.4. The lowest BCUT2D eigenvalue weighted by molar-refractivity contribution is -0.123. The second kappa shape index (κ2) is 10.8. The number of aryl methyl sites for hydroxylation is 1. The Morgan fingerprint density at radius 1 is 1.21 bits per heavy atom. The third-order valence-corrected chi connectivity index (χ3v) is 6.03. The second-order valence-electron chi connectivity index (χ2n) is 5.99. The van der Waals surface area contributed by atoms with Gasteiger partial charge in [0, 0.05) is 5.02 Å². The number of methoxy groups -OCH3 is 1. The third kappa shape index (κ3) is 6.10. The van der Waals surface area contributed by atoms with E-state index < -0.39 is 5.91 Å². The van der Waals surface area contributed by atoms with E-state index >= 15 is 0 Å². The van der Waals surface area contributed by atoms with Crippen molar-refractivity contribution in [2.75, 3.05) is 20.3 Å². The third-order valence-electron chi connectivity index (χ3n) is 3.87. The molecule has 0 heterocycles. The van der Waals surface area contributed by atoms with Gasteiger partial charge in [0.1, 0.15) is 5.75 Å². The highest BCUT2D eigenvalue weighted by Gasteiger charge is 2.13. The van der Waals surface area contributed by atoms with Crippen LogP contribution in [0, 0.1) is 13.8 Å². The first kappa shape index (κ1) is 23.5. The van der Waals surface area contributed by atoms with E-state index in [4.69, 9.17) is 25.8 Å². The molecule has 0 aliphatic rings. The molecule has 0 atom stereocenters. The summed E-state index contributed by atoms with van der Waals surface area (Å²) in [5.74, 6) is 1.33. The molecule has 0 saturated heterocycles. The zero-order valence-corrected chi connectivity index (χ0v) is 20.4. The molecule has 156 valence electrons. The Kier molecular flexibility index (Phi) is 8.79. The Labute approximate surface area is 191 Å². The van der Waals surface area contributed by atoms with Crippen molar-refractivity contribution in [3.63, 3.8) is 0 Å². The van der Waals surface area contributed by atoms with Gasteiger partial charge in [-0.25, -0.2) is 5.43 Å². The van der Waals surface area contributed by atoms with Crippen molar-refractivity contribution >= 4 is 55.6 Å². The molecule has 29 heavy (non-hydrogen) atoms. The molecule has 2 rings (SSSR count). The van der Waals surface area contributed by atoms with Crippen LogP contribution in [0.15, 0.2) is 32.2 Å². The average Bonchev–Trinajstić information content (AvgIpc) is 2.69. The lowest BCUT2D eigenvalue weighted by Gasteiger charge is -2.12. The summed E-state index contributed by atoms with van der Waals surface area (Å²) in [7, 11) is 1.56. The van der Waals surface area contributed by atoms with Gasteiger partial charge >= 0.3 is 0 Å². The van der Waals surface area contributed by atoms with Crippen LogP contribution in [0.2, 0.25) is 5.02 Å². The summed E-state index contributed by atoms with van der Waals surface area (Å²) in [6, 6.07) is 5.36. The fraction of sp³-hybridized carbons (Fsp3) is 0.300. The minimum absolute atomic E-state index is 0.188. The summed E-state index contributed by atoms with van der Waals surface area (Å²) in [6.07, 6.45) is 1.51. The lowest BCUT2D eigenvalue weighted by atomic mass is 10.1. The van der Waals surface area contributed by atoms with Gasteiger partial charge in [-0.3, -0.25) is 4.79 Å². The van der Waals surface area contributed by atoms with Crippen molar-refractivity contribution in [1.29, 1.82) is 0 Å². The number of ether oxygens (including phenoxy) is 3. The number of carbonyl (C=O) groups is 1. The molecule has 0 aromatic heterocycles. The summed E-state index contributed by atoms with van der Waals surface area (Å²) in [5, 5.41) is 4.63. The van der Waals surface area contributed by atoms with Crippen molar-refractivity contribution < 1.29 is 19.0 Å². The minimum atomic E-state index is -0.393. The predicted molar refractivity (Wildman–Crippen MR) is 122 cm³/mol. The Morgan fingerprint density at radius 2 is 1.93 bits per heavy atom. The predicted octanol–water partition coefficient (Wildman–Crippen LogP) is 5.42. The number of hydrogen-bond donors (Lipinski definition) is 1. The van der Waals surface area contributed by atoms with Crippen LogP contribution in [-0.2, 0) is 4.79 Å². The standard InChI is InChI=1S/C20H21Br2ClN2O4/c1-5-28-20-14(21)7-13(8-16(20)27-4)9-24-25-17(26)10-29-15-6-11(2)19(23)12(3)18(15)22/h6-9H,5,10H2,1-4H3,(H,25,26)/b24-9+. The molecule has 6 nitrogen and oxygen atoms in total.